The third-order valence-corrected chi connectivity index (χ3v) is 2.92. The van der Waals surface area contributed by atoms with Crippen molar-refractivity contribution in [1.29, 1.82) is 0 Å². The second-order valence-electron chi connectivity index (χ2n) is 3.93. The molecule has 6 heteroatoms. The van der Waals surface area contributed by atoms with Crippen molar-refractivity contribution >= 4 is 11.6 Å². The van der Waals surface area contributed by atoms with Crippen molar-refractivity contribution in [2.45, 2.75) is 6.92 Å². The molecule has 0 fully saturated rings. The molecule has 0 N–H and O–H groups in total. The molecule has 0 bridgehead atoms. The van der Waals surface area contributed by atoms with Gasteiger partial charge in [0.2, 0.25) is 5.82 Å². The molecule has 0 aliphatic heterocycles. The Bertz CT molecular complexity index is 638. The fourth-order valence-electron chi connectivity index (χ4n) is 1.66. The van der Waals surface area contributed by atoms with Gasteiger partial charge in [0, 0.05) is 10.6 Å². The Morgan fingerprint density at radius 2 is 1.26 bits per heavy atom. The first kappa shape index (κ1) is 13.8. The summed E-state index contributed by atoms with van der Waals surface area (Å²) in [4.78, 5) is 0. The lowest BCUT2D eigenvalue weighted by Crippen LogP contribution is -2.04. The summed E-state index contributed by atoms with van der Waals surface area (Å²) in [5, 5.41) is -0.0943. The van der Waals surface area contributed by atoms with Gasteiger partial charge in [0.25, 0.3) is 0 Å². The van der Waals surface area contributed by atoms with E-state index in [0.717, 1.165) is 0 Å². The number of aryl methyl sites for hydroxylation is 1. The van der Waals surface area contributed by atoms with Crippen molar-refractivity contribution in [3.8, 4) is 11.1 Å². The molecule has 0 aliphatic rings. The number of halogens is 6. The first-order valence-corrected chi connectivity index (χ1v) is 5.50. The smallest absolute Gasteiger partial charge is 0.200 e. The van der Waals surface area contributed by atoms with E-state index in [1.54, 1.807) is 6.92 Å². The minimum absolute atomic E-state index is 0.0943. The summed E-state index contributed by atoms with van der Waals surface area (Å²) >= 11 is 5.78. The Kier molecular flexibility index (Phi) is 3.49. The van der Waals surface area contributed by atoms with Gasteiger partial charge >= 0.3 is 0 Å². The van der Waals surface area contributed by atoms with Gasteiger partial charge in [-0.1, -0.05) is 23.7 Å². The van der Waals surface area contributed by atoms with Gasteiger partial charge in [-0.05, 0) is 18.6 Å². The van der Waals surface area contributed by atoms with Crippen LogP contribution in [0.5, 0.6) is 0 Å². The molecule has 2 rings (SSSR count). The highest BCUT2D eigenvalue weighted by Crippen LogP contribution is 2.35. The largest absolute Gasteiger partial charge is 0.203 e. The van der Waals surface area contributed by atoms with Crippen LogP contribution >= 0.6 is 11.6 Å². The molecule has 0 aliphatic carbocycles. The number of hydrogen-bond donors (Lipinski definition) is 0. The standard InChI is InChI=1S/C13H6ClF5/c1-5-2-3-6(7(14)4-5)8-9(15)11(17)13(19)12(18)10(8)16/h2-4H,1H3. The van der Waals surface area contributed by atoms with E-state index in [0.29, 0.717) is 5.56 Å². The van der Waals surface area contributed by atoms with Gasteiger partial charge in [0.15, 0.2) is 23.3 Å². The number of hydrogen-bond acceptors (Lipinski definition) is 0. The zero-order valence-electron chi connectivity index (χ0n) is 9.50. The van der Waals surface area contributed by atoms with Crippen LogP contribution in [0.4, 0.5) is 22.0 Å². The van der Waals surface area contributed by atoms with Crippen LogP contribution in [0.15, 0.2) is 18.2 Å². The molecule has 0 aromatic heterocycles. The average Bonchev–Trinajstić information content (AvgIpc) is 2.37. The molecular weight excluding hydrogens is 287 g/mol. The molecule has 0 saturated carbocycles. The van der Waals surface area contributed by atoms with E-state index in [-0.39, 0.29) is 10.6 Å². The normalized spacial score (nSPS) is 10.9. The van der Waals surface area contributed by atoms with Crippen LogP contribution in [0.25, 0.3) is 11.1 Å². The topological polar surface area (TPSA) is 0 Å². The maximum atomic E-state index is 13.6. The van der Waals surface area contributed by atoms with E-state index in [1.165, 1.54) is 18.2 Å². The third kappa shape index (κ3) is 2.18. The van der Waals surface area contributed by atoms with Crippen LogP contribution in [0.3, 0.4) is 0 Å². The molecule has 0 radical (unpaired) electrons. The van der Waals surface area contributed by atoms with Crippen molar-refractivity contribution in [3.05, 3.63) is 57.9 Å². The van der Waals surface area contributed by atoms with E-state index in [9.17, 15) is 22.0 Å². The summed E-state index contributed by atoms with van der Waals surface area (Å²) in [7, 11) is 0. The van der Waals surface area contributed by atoms with Crippen molar-refractivity contribution in [1.82, 2.24) is 0 Å². The highest BCUT2D eigenvalue weighted by atomic mass is 35.5. The van der Waals surface area contributed by atoms with Crippen molar-refractivity contribution in [3.63, 3.8) is 0 Å². The Labute approximate surface area is 110 Å². The minimum Gasteiger partial charge on any atom is -0.203 e. The molecule has 0 spiro atoms. The number of rotatable bonds is 1. The fraction of sp³-hybridized carbons (Fsp3) is 0.0769. The highest BCUT2D eigenvalue weighted by molar-refractivity contribution is 6.33. The molecule has 0 unspecified atom stereocenters. The maximum absolute atomic E-state index is 13.6. The van der Waals surface area contributed by atoms with E-state index in [1.807, 2.05) is 0 Å². The third-order valence-electron chi connectivity index (χ3n) is 2.60. The van der Waals surface area contributed by atoms with E-state index in [2.05, 4.69) is 0 Å². The predicted molar refractivity (Wildman–Crippen MR) is 61.4 cm³/mol. The van der Waals surface area contributed by atoms with Crippen molar-refractivity contribution in [2.75, 3.05) is 0 Å². The van der Waals surface area contributed by atoms with Crippen LogP contribution in [0.1, 0.15) is 5.56 Å². The van der Waals surface area contributed by atoms with E-state index < -0.39 is 34.6 Å². The van der Waals surface area contributed by atoms with Crippen LogP contribution in [0, 0.1) is 36.0 Å². The molecule has 0 saturated heterocycles. The van der Waals surface area contributed by atoms with Gasteiger partial charge in [-0.3, -0.25) is 0 Å². The second kappa shape index (κ2) is 4.81. The van der Waals surface area contributed by atoms with Gasteiger partial charge in [-0.25, -0.2) is 22.0 Å². The SMILES string of the molecule is Cc1ccc(-c2c(F)c(F)c(F)c(F)c2F)c(Cl)c1. The summed E-state index contributed by atoms with van der Waals surface area (Å²) < 4.78 is 66.3. The second-order valence-corrected chi connectivity index (χ2v) is 4.34. The zero-order chi connectivity index (χ0) is 14.3. The Balaban J connectivity index is 2.83. The van der Waals surface area contributed by atoms with Gasteiger partial charge in [0.05, 0.1) is 5.56 Å². The molecule has 0 nitrogen and oxygen atoms in total. The van der Waals surface area contributed by atoms with E-state index in [4.69, 9.17) is 11.6 Å². The van der Waals surface area contributed by atoms with Crippen LogP contribution < -0.4 is 0 Å². The quantitative estimate of drug-likeness (QED) is 0.394. The lowest BCUT2D eigenvalue weighted by atomic mass is 10.0. The Morgan fingerprint density at radius 1 is 0.789 bits per heavy atom. The van der Waals surface area contributed by atoms with Crippen molar-refractivity contribution in [2.24, 2.45) is 0 Å². The molecule has 0 amide bonds. The van der Waals surface area contributed by atoms with Gasteiger partial charge in [-0.15, -0.1) is 0 Å². The summed E-state index contributed by atoms with van der Waals surface area (Å²) in [6.07, 6.45) is 0. The average molecular weight is 293 g/mol. The maximum Gasteiger partial charge on any atom is 0.200 e. The number of benzene rings is 2. The fourth-order valence-corrected chi connectivity index (χ4v) is 1.99. The molecular formula is C13H6ClF5. The first-order chi connectivity index (χ1) is 8.84. The Hall–Kier alpha value is -1.62. The van der Waals surface area contributed by atoms with E-state index >= 15 is 0 Å². The lowest BCUT2D eigenvalue weighted by Gasteiger charge is -2.10. The molecule has 0 atom stereocenters. The first-order valence-electron chi connectivity index (χ1n) is 5.12. The van der Waals surface area contributed by atoms with Gasteiger partial charge in [-0.2, -0.15) is 0 Å². The van der Waals surface area contributed by atoms with Crippen LogP contribution in [-0.2, 0) is 0 Å². The monoisotopic (exact) mass is 292 g/mol. The summed E-state index contributed by atoms with van der Waals surface area (Å²) in [5.41, 5.74) is -0.584. The highest BCUT2D eigenvalue weighted by Gasteiger charge is 2.27. The molecule has 19 heavy (non-hydrogen) atoms. The predicted octanol–water partition coefficient (Wildman–Crippen LogP) is 5.01. The molecule has 100 valence electrons. The summed E-state index contributed by atoms with van der Waals surface area (Å²) in [5.74, 6) is -9.98. The molecule has 0 heterocycles. The summed E-state index contributed by atoms with van der Waals surface area (Å²) in [6.45, 7) is 1.67. The van der Waals surface area contributed by atoms with Gasteiger partial charge in [0.1, 0.15) is 0 Å². The lowest BCUT2D eigenvalue weighted by molar-refractivity contribution is 0.381. The van der Waals surface area contributed by atoms with Crippen LogP contribution in [-0.4, -0.2) is 0 Å². The Morgan fingerprint density at radius 3 is 1.74 bits per heavy atom. The molecule has 2 aromatic carbocycles. The molecule has 2 aromatic rings. The summed E-state index contributed by atoms with van der Waals surface area (Å²) in [6, 6.07) is 4.03. The zero-order valence-corrected chi connectivity index (χ0v) is 10.3. The van der Waals surface area contributed by atoms with Gasteiger partial charge < -0.3 is 0 Å². The van der Waals surface area contributed by atoms with Crippen LogP contribution in [0.2, 0.25) is 5.02 Å². The minimum atomic E-state index is -2.19. The van der Waals surface area contributed by atoms with Crippen molar-refractivity contribution < 1.29 is 22.0 Å².